The maximum Gasteiger partial charge on any atom is 0.254 e. The van der Waals surface area contributed by atoms with Crippen molar-refractivity contribution in [2.75, 3.05) is 11.6 Å². The van der Waals surface area contributed by atoms with Gasteiger partial charge in [-0.1, -0.05) is 53.3 Å². The summed E-state index contributed by atoms with van der Waals surface area (Å²) in [5.41, 5.74) is 4.67. The third-order valence-corrected chi connectivity index (χ3v) is 3.88. The predicted octanol–water partition coefficient (Wildman–Crippen LogP) is 3.37. The van der Waals surface area contributed by atoms with Crippen molar-refractivity contribution < 1.29 is 0 Å². The van der Waals surface area contributed by atoms with Gasteiger partial charge in [0, 0.05) is 11.3 Å². The smallest absolute Gasteiger partial charge is 0.254 e. The summed E-state index contributed by atoms with van der Waals surface area (Å²) < 4.78 is 0. The van der Waals surface area contributed by atoms with Crippen molar-refractivity contribution in [2.24, 2.45) is 0 Å². The molecule has 0 aliphatic heterocycles. The zero-order valence-electron chi connectivity index (χ0n) is 12.3. The Morgan fingerprint density at radius 3 is 2.26 bits per heavy atom. The van der Waals surface area contributed by atoms with E-state index in [1.54, 1.807) is 6.92 Å². The van der Waals surface area contributed by atoms with Crippen LogP contribution in [0, 0.1) is 25.3 Å². The van der Waals surface area contributed by atoms with Crippen molar-refractivity contribution >= 4 is 35.8 Å². The Morgan fingerprint density at radius 2 is 1.95 bits per heavy atom. The number of H-pyrrole nitrogens is 1. The topological polar surface area (TPSA) is 45.8 Å². The summed E-state index contributed by atoms with van der Waals surface area (Å²) in [5, 5.41) is 1.50. The van der Waals surface area contributed by atoms with E-state index in [0.717, 1.165) is 11.0 Å². The number of hydrogen-bond acceptors (Lipinski definition) is 3. The minimum Gasteiger partial charge on any atom is -0.301 e. The molecule has 0 aromatic carbocycles. The lowest BCUT2D eigenvalue weighted by Crippen LogP contribution is -2.16. The van der Waals surface area contributed by atoms with E-state index < -0.39 is 8.07 Å². The van der Waals surface area contributed by atoms with E-state index in [1.165, 1.54) is 11.8 Å². The second-order valence-electron chi connectivity index (χ2n) is 4.97. The zero-order chi connectivity index (χ0) is 15.1. The van der Waals surface area contributed by atoms with Crippen molar-refractivity contribution in [1.82, 2.24) is 9.97 Å². The fourth-order valence-electron chi connectivity index (χ4n) is 1.01. The van der Waals surface area contributed by atoms with Crippen LogP contribution in [0.25, 0.3) is 0 Å². The van der Waals surface area contributed by atoms with Crippen molar-refractivity contribution in [3.05, 3.63) is 21.6 Å². The largest absolute Gasteiger partial charge is 0.301 e. The minimum absolute atomic E-state index is 0.0400. The highest BCUT2D eigenvalue weighted by Crippen LogP contribution is 2.06. The predicted molar refractivity (Wildman–Crippen MR) is 91.0 cm³/mol. The van der Waals surface area contributed by atoms with E-state index in [0.29, 0.717) is 10.7 Å². The molecule has 1 aromatic rings. The minimum atomic E-state index is -1.07. The van der Waals surface area contributed by atoms with Gasteiger partial charge in [-0.2, -0.15) is 0 Å². The lowest BCUT2D eigenvalue weighted by molar-refractivity contribution is 0.886. The standard InChI is InChI=1S/C7H10N2OS.C6H11BrSi/c1-4-5(2)8-7(11-3)9-6(4)10;1-8(2,3)6-4-5-7/h1-3H3,(H,8,9,10);5H2,1-3H3. The average Bonchev–Trinajstić information content (AvgIpc) is 2.32. The van der Waals surface area contributed by atoms with Gasteiger partial charge in [-0.3, -0.25) is 4.79 Å². The van der Waals surface area contributed by atoms with Gasteiger partial charge in [-0.15, -0.1) is 5.54 Å². The van der Waals surface area contributed by atoms with Crippen molar-refractivity contribution in [2.45, 2.75) is 38.6 Å². The summed E-state index contributed by atoms with van der Waals surface area (Å²) in [6.07, 6.45) is 1.88. The van der Waals surface area contributed by atoms with Gasteiger partial charge in [0.1, 0.15) is 8.07 Å². The van der Waals surface area contributed by atoms with Crippen LogP contribution in [0.1, 0.15) is 11.3 Å². The van der Waals surface area contributed by atoms with E-state index in [2.05, 4.69) is 57.0 Å². The van der Waals surface area contributed by atoms with Gasteiger partial charge >= 0.3 is 0 Å². The second kappa shape index (κ2) is 8.62. The van der Waals surface area contributed by atoms with Crippen LogP contribution in [0.15, 0.2) is 9.95 Å². The molecule has 0 saturated heterocycles. The number of aryl methyl sites for hydroxylation is 1. The molecular weight excluding hydrogens is 340 g/mol. The number of nitrogens with one attached hydrogen (secondary N) is 1. The van der Waals surface area contributed by atoms with Crippen LogP contribution in [-0.2, 0) is 0 Å². The lowest BCUT2D eigenvalue weighted by atomic mass is 10.3. The first-order valence-corrected chi connectivity index (χ1v) is 11.7. The number of aromatic amines is 1. The fraction of sp³-hybridized carbons (Fsp3) is 0.538. The van der Waals surface area contributed by atoms with Crippen LogP contribution in [0.4, 0.5) is 0 Å². The lowest BCUT2D eigenvalue weighted by Gasteiger charge is -2.02. The average molecular weight is 361 g/mol. The van der Waals surface area contributed by atoms with Crippen LogP contribution >= 0.6 is 27.7 Å². The van der Waals surface area contributed by atoms with E-state index in [-0.39, 0.29) is 5.56 Å². The summed E-state index contributed by atoms with van der Waals surface area (Å²) in [7, 11) is -1.07. The SMILES string of the molecule is CSc1nc(C)c(C)c(=O)[nH]1.C[Si](C)(C)C#CCBr. The van der Waals surface area contributed by atoms with Gasteiger partial charge in [0.05, 0.1) is 5.33 Å². The normalized spacial score (nSPS) is 10.1. The highest BCUT2D eigenvalue weighted by molar-refractivity contribution is 9.09. The molecule has 0 aliphatic carbocycles. The van der Waals surface area contributed by atoms with Crippen LogP contribution in [0.5, 0.6) is 0 Å². The molecule has 0 amide bonds. The first kappa shape index (κ1) is 18.5. The Labute approximate surface area is 129 Å². The monoisotopic (exact) mass is 360 g/mol. The molecule has 0 fully saturated rings. The number of aromatic nitrogens is 2. The first-order chi connectivity index (χ1) is 8.71. The van der Waals surface area contributed by atoms with Gasteiger partial charge < -0.3 is 4.98 Å². The summed E-state index contributed by atoms with van der Waals surface area (Å²) in [4.78, 5) is 17.9. The van der Waals surface area contributed by atoms with Crippen molar-refractivity contribution in [1.29, 1.82) is 0 Å². The number of rotatable bonds is 1. The molecule has 19 heavy (non-hydrogen) atoms. The maximum absolute atomic E-state index is 11.1. The first-order valence-electron chi connectivity index (χ1n) is 5.88. The maximum atomic E-state index is 11.1. The van der Waals surface area contributed by atoms with Crippen molar-refractivity contribution in [3.8, 4) is 11.5 Å². The Bertz CT molecular complexity index is 526. The number of alkyl halides is 1. The second-order valence-corrected chi connectivity index (χ2v) is 11.1. The summed E-state index contributed by atoms with van der Waals surface area (Å²) in [6, 6.07) is 0. The van der Waals surface area contributed by atoms with Crippen molar-refractivity contribution in [3.63, 3.8) is 0 Å². The van der Waals surface area contributed by atoms with Gasteiger partial charge in [0.2, 0.25) is 0 Å². The molecule has 106 valence electrons. The molecule has 0 atom stereocenters. The fourth-order valence-corrected chi connectivity index (χ4v) is 2.46. The van der Waals surface area contributed by atoms with Gasteiger partial charge in [0.25, 0.3) is 5.56 Å². The number of nitrogens with zero attached hydrogens (tertiary/aromatic N) is 1. The molecule has 0 bridgehead atoms. The molecule has 1 heterocycles. The van der Waals surface area contributed by atoms with E-state index in [4.69, 9.17) is 0 Å². The Balaban J connectivity index is 0.000000362. The quantitative estimate of drug-likeness (QED) is 0.274. The Hall–Kier alpha value is -0.513. The van der Waals surface area contributed by atoms with Gasteiger partial charge in [0.15, 0.2) is 5.16 Å². The van der Waals surface area contributed by atoms with Crippen LogP contribution < -0.4 is 5.56 Å². The van der Waals surface area contributed by atoms with Crippen LogP contribution in [-0.4, -0.2) is 29.6 Å². The van der Waals surface area contributed by atoms with E-state index in [9.17, 15) is 4.79 Å². The van der Waals surface area contributed by atoms with Crippen LogP contribution in [0.3, 0.4) is 0 Å². The Kier molecular flexibility index (Phi) is 8.38. The molecule has 3 nitrogen and oxygen atoms in total. The third-order valence-electron chi connectivity index (χ3n) is 2.10. The molecule has 1 aromatic heterocycles. The molecule has 6 heteroatoms. The highest BCUT2D eigenvalue weighted by atomic mass is 79.9. The van der Waals surface area contributed by atoms with Gasteiger partial charge in [-0.25, -0.2) is 4.98 Å². The summed E-state index contributed by atoms with van der Waals surface area (Å²) >= 11 is 4.69. The molecule has 0 spiro atoms. The molecule has 0 saturated carbocycles. The molecule has 0 unspecified atom stereocenters. The van der Waals surface area contributed by atoms with E-state index >= 15 is 0 Å². The molecule has 1 N–H and O–H groups in total. The number of halogens is 1. The molecular formula is C13H21BrN2OSSi. The highest BCUT2D eigenvalue weighted by Gasteiger charge is 2.06. The summed E-state index contributed by atoms with van der Waals surface area (Å²) in [6.45, 7) is 10.3. The number of thioether (sulfide) groups is 1. The number of hydrogen-bond donors (Lipinski definition) is 1. The molecule has 0 radical (unpaired) electrons. The molecule has 1 rings (SSSR count). The third kappa shape index (κ3) is 8.29. The summed E-state index contributed by atoms with van der Waals surface area (Å²) in [5.74, 6) is 3.02. The van der Waals surface area contributed by atoms with E-state index in [1.807, 2.05) is 13.2 Å². The van der Waals surface area contributed by atoms with Crippen LogP contribution in [0.2, 0.25) is 19.6 Å². The van der Waals surface area contributed by atoms with Gasteiger partial charge in [-0.05, 0) is 20.1 Å². The molecule has 0 aliphatic rings. The Morgan fingerprint density at radius 1 is 1.37 bits per heavy atom. The zero-order valence-corrected chi connectivity index (χ0v) is 15.8.